The smallest absolute Gasteiger partial charge is 0.188 e. The Morgan fingerprint density at radius 3 is 2.38 bits per heavy atom. The molecule has 0 heterocycles. The molecule has 0 spiro atoms. The number of benzene rings is 1. The van der Waals surface area contributed by atoms with Crippen molar-refractivity contribution in [2.24, 2.45) is 22.6 Å². The zero-order chi connectivity index (χ0) is 15.7. The molecule has 0 aliphatic rings. The second-order valence-electron chi connectivity index (χ2n) is 6.16. The van der Waals surface area contributed by atoms with Gasteiger partial charge in [0.2, 0.25) is 0 Å². The fourth-order valence-electron chi connectivity index (χ4n) is 1.68. The van der Waals surface area contributed by atoms with E-state index in [1.165, 1.54) is 0 Å². The molecule has 0 unspecified atom stereocenters. The number of nitrogens with two attached hydrogens (primary N) is 1. The molecule has 0 amide bonds. The summed E-state index contributed by atoms with van der Waals surface area (Å²) in [5.41, 5.74) is 6.96. The summed E-state index contributed by atoms with van der Waals surface area (Å²) in [7, 11) is 0. The molecule has 3 N–H and O–H groups in total. The van der Waals surface area contributed by atoms with Crippen LogP contribution in [0.25, 0.3) is 0 Å². The predicted octanol–water partition coefficient (Wildman–Crippen LogP) is 3.17. The molecule has 21 heavy (non-hydrogen) atoms. The predicted molar refractivity (Wildman–Crippen MR) is 89.6 cm³/mol. The standard InChI is InChI=1S/C17H29N3O/c1-13(2)9-10-19-17(18)20-11-15-5-7-16(8-6-15)21-12-14(3)4/h5-8,13-14H,9-12H2,1-4H3,(H3,18,19,20). The number of nitrogens with one attached hydrogen (secondary N) is 1. The van der Waals surface area contributed by atoms with E-state index in [9.17, 15) is 0 Å². The molecule has 0 radical (unpaired) electrons. The van der Waals surface area contributed by atoms with Crippen molar-refractivity contribution in [2.75, 3.05) is 13.2 Å². The summed E-state index contributed by atoms with van der Waals surface area (Å²) < 4.78 is 5.65. The lowest BCUT2D eigenvalue weighted by atomic mass is 10.1. The molecule has 1 aromatic rings. The van der Waals surface area contributed by atoms with E-state index in [1.54, 1.807) is 0 Å². The van der Waals surface area contributed by atoms with E-state index in [0.29, 0.717) is 24.3 Å². The van der Waals surface area contributed by atoms with E-state index in [1.807, 2.05) is 24.3 Å². The van der Waals surface area contributed by atoms with Gasteiger partial charge in [0.15, 0.2) is 5.96 Å². The van der Waals surface area contributed by atoms with Gasteiger partial charge in [-0.1, -0.05) is 39.8 Å². The molecule has 0 atom stereocenters. The maximum absolute atomic E-state index is 5.83. The molecule has 0 saturated carbocycles. The third kappa shape index (κ3) is 8.23. The maximum Gasteiger partial charge on any atom is 0.188 e. The van der Waals surface area contributed by atoms with E-state index in [-0.39, 0.29) is 0 Å². The maximum atomic E-state index is 5.83. The minimum Gasteiger partial charge on any atom is -0.493 e. The van der Waals surface area contributed by atoms with Gasteiger partial charge in [0, 0.05) is 6.54 Å². The number of hydrogen-bond donors (Lipinski definition) is 2. The molecule has 4 nitrogen and oxygen atoms in total. The van der Waals surface area contributed by atoms with Crippen molar-refractivity contribution in [1.82, 2.24) is 5.32 Å². The number of rotatable bonds is 8. The molecule has 118 valence electrons. The Kier molecular flexibility index (Phi) is 7.65. The van der Waals surface area contributed by atoms with Crippen molar-refractivity contribution >= 4 is 5.96 Å². The van der Waals surface area contributed by atoms with Gasteiger partial charge in [0.05, 0.1) is 13.2 Å². The van der Waals surface area contributed by atoms with Crippen molar-refractivity contribution in [2.45, 2.75) is 40.7 Å². The fourth-order valence-corrected chi connectivity index (χ4v) is 1.68. The van der Waals surface area contributed by atoms with Crippen molar-refractivity contribution in [1.29, 1.82) is 0 Å². The largest absolute Gasteiger partial charge is 0.493 e. The van der Waals surface area contributed by atoms with Crippen molar-refractivity contribution in [3.63, 3.8) is 0 Å². The monoisotopic (exact) mass is 291 g/mol. The molecule has 4 heteroatoms. The SMILES string of the molecule is CC(C)CCNC(N)=NCc1ccc(OCC(C)C)cc1. The number of hydrogen-bond acceptors (Lipinski definition) is 2. The number of guanidine groups is 1. The number of nitrogens with zero attached hydrogens (tertiary/aromatic N) is 1. The molecule has 1 aromatic carbocycles. The van der Waals surface area contributed by atoms with Gasteiger partial charge in [0.1, 0.15) is 5.75 Å². The summed E-state index contributed by atoms with van der Waals surface area (Å²) in [4.78, 5) is 4.34. The lowest BCUT2D eigenvalue weighted by molar-refractivity contribution is 0.271. The third-order valence-corrected chi connectivity index (χ3v) is 2.97. The van der Waals surface area contributed by atoms with Gasteiger partial charge in [-0.3, -0.25) is 0 Å². The second-order valence-corrected chi connectivity index (χ2v) is 6.16. The Bertz CT molecular complexity index is 424. The molecule has 0 aliphatic carbocycles. The highest BCUT2D eigenvalue weighted by atomic mass is 16.5. The third-order valence-electron chi connectivity index (χ3n) is 2.97. The summed E-state index contributed by atoms with van der Waals surface area (Å²) in [5.74, 6) is 2.62. The summed E-state index contributed by atoms with van der Waals surface area (Å²) >= 11 is 0. The Hall–Kier alpha value is -1.71. The van der Waals surface area contributed by atoms with Gasteiger partial charge in [-0.15, -0.1) is 0 Å². The highest BCUT2D eigenvalue weighted by Gasteiger charge is 1.99. The van der Waals surface area contributed by atoms with Crippen LogP contribution in [-0.2, 0) is 6.54 Å². The summed E-state index contributed by atoms with van der Waals surface area (Å²) in [6, 6.07) is 8.02. The lowest BCUT2D eigenvalue weighted by Gasteiger charge is -2.09. The molecule has 0 aromatic heterocycles. The van der Waals surface area contributed by atoms with Crippen molar-refractivity contribution < 1.29 is 4.74 Å². The van der Waals surface area contributed by atoms with Gasteiger partial charge >= 0.3 is 0 Å². The Morgan fingerprint density at radius 2 is 1.81 bits per heavy atom. The van der Waals surface area contributed by atoms with Crippen LogP contribution in [0.3, 0.4) is 0 Å². The number of aliphatic imine (C=N–C) groups is 1. The molecule has 0 fully saturated rings. The van der Waals surface area contributed by atoms with Crippen LogP contribution in [0.15, 0.2) is 29.3 Å². The van der Waals surface area contributed by atoms with Crippen LogP contribution in [0.1, 0.15) is 39.7 Å². The van der Waals surface area contributed by atoms with Gasteiger partial charge < -0.3 is 15.8 Å². The second kappa shape index (κ2) is 9.27. The first-order chi connectivity index (χ1) is 9.97. The zero-order valence-electron chi connectivity index (χ0n) is 13.7. The van der Waals surface area contributed by atoms with E-state index >= 15 is 0 Å². The first-order valence-electron chi connectivity index (χ1n) is 7.73. The minimum atomic E-state index is 0.510. The van der Waals surface area contributed by atoms with Gasteiger partial charge in [-0.2, -0.15) is 0 Å². The highest BCUT2D eigenvalue weighted by molar-refractivity contribution is 5.77. The quantitative estimate of drug-likeness (QED) is 0.571. The average molecular weight is 291 g/mol. The molecular formula is C17H29N3O. The van der Waals surface area contributed by atoms with Crippen LogP contribution >= 0.6 is 0 Å². The fraction of sp³-hybridized carbons (Fsp3) is 0.588. The van der Waals surface area contributed by atoms with E-state index in [2.05, 4.69) is 38.0 Å². The van der Waals surface area contributed by atoms with Crippen LogP contribution in [0, 0.1) is 11.8 Å². The Labute approximate surface area is 128 Å². The van der Waals surface area contributed by atoms with Crippen LogP contribution < -0.4 is 15.8 Å². The van der Waals surface area contributed by atoms with Crippen molar-refractivity contribution in [3.8, 4) is 5.75 Å². The number of ether oxygens (including phenoxy) is 1. The zero-order valence-corrected chi connectivity index (χ0v) is 13.7. The first kappa shape index (κ1) is 17.3. The van der Waals surface area contributed by atoms with Gasteiger partial charge in [-0.25, -0.2) is 4.99 Å². The van der Waals surface area contributed by atoms with Crippen molar-refractivity contribution in [3.05, 3.63) is 29.8 Å². The summed E-state index contributed by atoms with van der Waals surface area (Å²) in [6.45, 7) is 10.9. The van der Waals surface area contributed by atoms with E-state index in [4.69, 9.17) is 10.5 Å². The topological polar surface area (TPSA) is 59.6 Å². The van der Waals surface area contributed by atoms with Gasteiger partial charge in [-0.05, 0) is 36.0 Å². The van der Waals surface area contributed by atoms with Crippen LogP contribution in [0.5, 0.6) is 5.75 Å². The summed E-state index contributed by atoms with van der Waals surface area (Å²) in [5, 5.41) is 3.13. The first-order valence-corrected chi connectivity index (χ1v) is 7.73. The highest BCUT2D eigenvalue weighted by Crippen LogP contribution is 2.13. The Morgan fingerprint density at radius 1 is 1.14 bits per heavy atom. The lowest BCUT2D eigenvalue weighted by Crippen LogP contribution is -2.32. The van der Waals surface area contributed by atoms with Crippen LogP contribution in [-0.4, -0.2) is 19.1 Å². The van der Waals surface area contributed by atoms with Crippen LogP contribution in [0.4, 0.5) is 0 Å². The molecular weight excluding hydrogens is 262 g/mol. The molecule has 1 rings (SSSR count). The molecule has 0 saturated heterocycles. The van der Waals surface area contributed by atoms with E-state index < -0.39 is 0 Å². The normalized spacial score (nSPS) is 12.0. The molecule has 0 bridgehead atoms. The minimum absolute atomic E-state index is 0.510. The summed E-state index contributed by atoms with van der Waals surface area (Å²) in [6.07, 6.45) is 1.10. The molecule has 0 aliphatic heterocycles. The van der Waals surface area contributed by atoms with Gasteiger partial charge in [0.25, 0.3) is 0 Å². The van der Waals surface area contributed by atoms with E-state index in [0.717, 1.165) is 30.9 Å². The average Bonchev–Trinajstić information content (AvgIpc) is 2.43. The Balaban J connectivity index is 2.37. The van der Waals surface area contributed by atoms with Crippen LogP contribution in [0.2, 0.25) is 0 Å².